The number of rotatable bonds is 13. The van der Waals surface area contributed by atoms with Gasteiger partial charge in [-0.15, -0.1) is 0 Å². The van der Waals surface area contributed by atoms with Crippen molar-refractivity contribution in [2.24, 2.45) is 0 Å². The van der Waals surface area contributed by atoms with Crippen molar-refractivity contribution in [3.05, 3.63) is 312 Å². The fourth-order valence-electron chi connectivity index (χ4n) is 10.9. The number of aliphatic hydroxyl groups excluding tert-OH is 3. The lowest BCUT2D eigenvalue weighted by Crippen LogP contribution is -1.98. The van der Waals surface area contributed by atoms with Gasteiger partial charge in [-0.1, -0.05) is 182 Å². The van der Waals surface area contributed by atoms with Crippen LogP contribution in [0.25, 0.3) is 87.8 Å². The molecule has 0 radical (unpaired) electrons. The first kappa shape index (κ1) is 68.1. The van der Waals surface area contributed by atoms with Gasteiger partial charge < -0.3 is 56.7 Å². The minimum atomic E-state index is -0.288. The Morgan fingerprint density at radius 1 is 0.273 bits per heavy atom. The maximum Gasteiger partial charge on any atom is 0.302 e. The Morgan fingerprint density at radius 2 is 0.596 bits per heavy atom. The van der Waals surface area contributed by atoms with Crippen molar-refractivity contribution in [3.63, 3.8) is 0 Å². The molecule has 0 aliphatic carbocycles. The number of hydrogen-bond donors (Lipinski definition) is 3. The molecule has 0 saturated carbocycles. The summed E-state index contributed by atoms with van der Waals surface area (Å²) in [5.74, 6) is 2.21. The number of benzene rings is 12. The van der Waals surface area contributed by atoms with E-state index < -0.39 is 0 Å². The van der Waals surface area contributed by atoms with Crippen LogP contribution in [0.15, 0.2) is 297 Å². The highest BCUT2D eigenvalue weighted by Crippen LogP contribution is 2.35. The molecule has 15 heteroatoms. The predicted molar refractivity (Wildman–Crippen MR) is 385 cm³/mol. The van der Waals surface area contributed by atoms with Crippen LogP contribution in [-0.2, 0) is 68.2 Å². The first-order valence-electron chi connectivity index (χ1n) is 31.8. The molecule has 15 nitrogen and oxygen atoms in total. The number of esters is 3. The van der Waals surface area contributed by atoms with Crippen LogP contribution in [0.2, 0.25) is 0 Å². The lowest BCUT2D eigenvalue weighted by molar-refractivity contribution is -0.143. The van der Waals surface area contributed by atoms with Gasteiger partial charge in [0.1, 0.15) is 87.5 Å². The quantitative estimate of drug-likeness (QED) is 0.0724. The van der Waals surface area contributed by atoms with Crippen molar-refractivity contribution >= 4 is 106 Å². The molecule has 0 amide bonds. The van der Waals surface area contributed by atoms with Gasteiger partial charge in [0.05, 0.1) is 19.8 Å². The highest BCUT2D eigenvalue weighted by Gasteiger charge is 2.14. The van der Waals surface area contributed by atoms with E-state index in [4.69, 9.17) is 51.6 Å². The molecule has 0 spiro atoms. The molecule has 3 N–H and O–H groups in total. The van der Waals surface area contributed by atoms with E-state index in [1.165, 1.54) is 20.8 Å². The molecule has 0 unspecified atom stereocenters. The number of carbonyl (C=O) groups excluding carboxylic acids is 3. The van der Waals surface area contributed by atoms with Gasteiger partial charge in [0.15, 0.2) is 0 Å². The van der Waals surface area contributed by atoms with Crippen molar-refractivity contribution in [2.45, 2.75) is 60.4 Å². The van der Waals surface area contributed by atoms with E-state index in [0.29, 0.717) is 0 Å². The van der Waals surface area contributed by atoms with Gasteiger partial charge in [0.25, 0.3) is 0 Å². The molecular weight excluding hydrogens is 1250 g/mol. The first-order chi connectivity index (χ1) is 48.4. The molecule has 4 heterocycles. The molecule has 12 aromatic carbocycles. The summed E-state index contributed by atoms with van der Waals surface area (Å²) in [5, 5.41) is 35.8. The minimum absolute atomic E-state index is 0.0337. The number of carbonyl (C=O) groups is 3. The molecule has 0 fully saturated rings. The molecule has 99 heavy (non-hydrogen) atoms. The standard InChI is InChI=1S/2C15H12O3.C15H14O3.2C13H10O2.C13H12O2/c1-10(16)17-9-11-5-4-8-14-15(11)12-6-2-3-7-13(12)18-14;1-10(16)17-9-11-6-7-13-12-4-2-3-5-14(12)18-15(13)8-11;1-12(16)17-11-13-6-5-9-15(10-13)18-14-7-3-2-4-8-14;14-8-9-4-3-7-12-13(9)10-5-1-2-6-11(10)15-12;14-8-9-5-6-11-10-3-1-2-4-12(10)15-13(11)7-9;14-10-11-5-4-8-13(9-11)15-12-6-2-1-3-7-12/h2*2-8H,9H2,1H3;2-10H,11H2,1H3;2*1-7,14H,8H2;1-9,14H,10H2. The minimum Gasteiger partial charge on any atom is -0.461 e. The van der Waals surface area contributed by atoms with E-state index in [-0.39, 0.29) is 57.5 Å². The monoisotopic (exact) mass is 1320 g/mol. The molecule has 4 aromatic heterocycles. The summed E-state index contributed by atoms with van der Waals surface area (Å²) in [6, 6.07) is 88.8. The van der Waals surface area contributed by atoms with Crippen molar-refractivity contribution < 1.29 is 71.1 Å². The second-order valence-electron chi connectivity index (χ2n) is 22.6. The second-order valence-corrected chi connectivity index (χ2v) is 22.6. The summed E-state index contributed by atoms with van der Waals surface area (Å²) in [5.41, 5.74) is 12.2. The maximum atomic E-state index is 10.9. The smallest absolute Gasteiger partial charge is 0.302 e. The highest BCUT2D eigenvalue weighted by molar-refractivity contribution is 6.08. The van der Waals surface area contributed by atoms with Crippen molar-refractivity contribution in [3.8, 4) is 23.0 Å². The number of ether oxygens (including phenoxy) is 5. The summed E-state index contributed by atoms with van der Waals surface area (Å²) in [6.45, 7) is 5.15. The number of para-hydroxylation sites is 6. The predicted octanol–water partition coefficient (Wildman–Crippen LogP) is 20.0. The lowest BCUT2D eigenvalue weighted by Gasteiger charge is -2.07. The fraction of sp³-hybridized carbons (Fsp3) is 0.107. The van der Waals surface area contributed by atoms with E-state index in [2.05, 4.69) is 0 Å². The Kier molecular flexibility index (Phi) is 23.0. The molecule has 0 aliphatic heterocycles. The largest absolute Gasteiger partial charge is 0.461 e. The third-order valence-corrected chi connectivity index (χ3v) is 15.5. The average Bonchev–Trinajstić information content (AvgIpc) is 1.66. The average molecular weight is 1320 g/mol. The van der Waals surface area contributed by atoms with Crippen LogP contribution in [0.4, 0.5) is 0 Å². The topological polar surface area (TPSA) is 211 Å². The highest BCUT2D eigenvalue weighted by atomic mass is 16.5. The van der Waals surface area contributed by atoms with Crippen LogP contribution in [0.5, 0.6) is 23.0 Å². The van der Waals surface area contributed by atoms with Crippen molar-refractivity contribution in [1.29, 1.82) is 0 Å². The third-order valence-electron chi connectivity index (χ3n) is 15.5. The van der Waals surface area contributed by atoms with Crippen LogP contribution < -0.4 is 9.47 Å². The van der Waals surface area contributed by atoms with E-state index >= 15 is 0 Å². The van der Waals surface area contributed by atoms with Gasteiger partial charge in [-0.25, -0.2) is 0 Å². The van der Waals surface area contributed by atoms with Crippen LogP contribution in [0.1, 0.15) is 54.2 Å². The zero-order valence-corrected chi connectivity index (χ0v) is 54.5. The Labute approximate surface area is 569 Å². The Hall–Kier alpha value is -12.3. The van der Waals surface area contributed by atoms with Crippen molar-refractivity contribution in [2.75, 3.05) is 0 Å². The summed E-state index contributed by atoms with van der Waals surface area (Å²) in [7, 11) is 0. The Bertz CT molecular complexity index is 5350. The van der Waals surface area contributed by atoms with Crippen LogP contribution >= 0.6 is 0 Å². The Morgan fingerprint density at radius 3 is 1.07 bits per heavy atom. The van der Waals surface area contributed by atoms with Gasteiger partial charge in [0.2, 0.25) is 0 Å². The fourth-order valence-corrected chi connectivity index (χ4v) is 10.9. The van der Waals surface area contributed by atoms with Gasteiger partial charge >= 0.3 is 17.9 Å². The van der Waals surface area contributed by atoms with Gasteiger partial charge in [-0.2, -0.15) is 0 Å². The molecule has 0 aliphatic rings. The normalized spacial score (nSPS) is 10.7. The number of hydrogen-bond acceptors (Lipinski definition) is 15. The van der Waals surface area contributed by atoms with E-state index in [0.717, 1.165) is 144 Å². The summed E-state index contributed by atoms with van der Waals surface area (Å²) in [4.78, 5) is 32.4. The van der Waals surface area contributed by atoms with Gasteiger partial charge in [0, 0.05) is 69.4 Å². The van der Waals surface area contributed by atoms with E-state index in [1.54, 1.807) is 0 Å². The summed E-state index contributed by atoms with van der Waals surface area (Å²) < 4.78 is 49.2. The summed E-state index contributed by atoms with van der Waals surface area (Å²) >= 11 is 0. The second kappa shape index (κ2) is 33.4. The molecule has 16 rings (SSSR count). The molecule has 0 bridgehead atoms. The number of aliphatic hydroxyl groups is 3. The molecule has 0 saturated heterocycles. The van der Waals surface area contributed by atoms with Gasteiger partial charge in [-0.05, 0) is 125 Å². The summed E-state index contributed by atoms with van der Waals surface area (Å²) in [6.07, 6.45) is 0. The molecule has 0 atom stereocenters. The van der Waals surface area contributed by atoms with Gasteiger partial charge in [-0.3, -0.25) is 14.4 Å². The van der Waals surface area contributed by atoms with Crippen LogP contribution in [0, 0.1) is 0 Å². The SMILES string of the molecule is CC(=O)OCc1ccc2c(c1)oc1ccccc12.CC(=O)OCc1cccc(Oc2ccccc2)c1.CC(=O)OCc1cccc2oc3ccccc3c12.OCc1ccc2c(c1)oc1ccccc12.OCc1cccc(Oc2ccccc2)c1.OCc1cccc2oc3ccccc3c12. The first-order valence-corrected chi connectivity index (χ1v) is 31.8. The lowest BCUT2D eigenvalue weighted by atomic mass is 10.1. The van der Waals surface area contributed by atoms with E-state index in [1.807, 2.05) is 279 Å². The maximum absolute atomic E-state index is 10.9. The van der Waals surface area contributed by atoms with Crippen LogP contribution in [0.3, 0.4) is 0 Å². The van der Waals surface area contributed by atoms with E-state index in [9.17, 15) is 19.5 Å². The molecule has 496 valence electrons. The zero-order chi connectivity index (χ0) is 68.9. The van der Waals surface area contributed by atoms with Crippen LogP contribution in [-0.4, -0.2) is 33.2 Å². The zero-order valence-electron chi connectivity index (χ0n) is 54.5. The third kappa shape index (κ3) is 18.0. The number of furan rings is 4. The van der Waals surface area contributed by atoms with Crippen molar-refractivity contribution in [1.82, 2.24) is 0 Å². The molecule has 16 aromatic rings. The Balaban J connectivity index is 0.000000120. The number of fused-ring (bicyclic) bond motifs is 12. The molecular formula is C84H70O15.